The lowest BCUT2D eigenvalue weighted by Crippen LogP contribution is -2.32. The Morgan fingerprint density at radius 2 is 1.58 bits per heavy atom. The average Bonchev–Trinajstić information content (AvgIpc) is 2.04. The van der Waals surface area contributed by atoms with Crippen LogP contribution in [-0.2, 0) is 0 Å². The number of rotatable bonds is 2. The molecule has 0 radical (unpaired) electrons. The van der Waals surface area contributed by atoms with E-state index >= 15 is 0 Å². The highest BCUT2D eigenvalue weighted by Gasteiger charge is 2.10. The molecule has 0 aliphatic rings. The molecule has 1 rings (SSSR count). The zero-order chi connectivity index (χ0) is 9.14. The van der Waals surface area contributed by atoms with Gasteiger partial charge in [-0.15, -0.1) is 0 Å². The molecule has 2 nitrogen and oxygen atoms in total. The van der Waals surface area contributed by atoms with E-state index in [0.717, 1.165) is 0 Å². The lowest BCUT2D eigenvalue weighted by atomic mass is 9.81. The molecular formula is C8H13BO2Si. The van der Waals surface area contributed by atoms with E-state index in [9.17, 15) is 0 Å². The fourth-order valence-corrected chi connectivity index (χ4v) is 2.02. The van der Waals surface area contributed by atoms with Gasteiger partial charge in [0, 0.05) is 0 Å². The monoisotopic (exact) mass is 180 g/mol. The highest BCUT2D eigenvalue weighted by atomic mass is 28.3. The van der Waals surface area contributed by atoms with Crippen molar-refractivity contribution in [3.8, 4) is 0 Å². The molecule has 0 amide bonds. The first-order valence-corrected chi connectivity index (χ1v) is 6.96. The topological polar surface area (TPSA) is 40.5 Å². The van der Waals surface area contributed by atoms with E-state index in [2.05, 4.69) is 13.1 Å². The van der Waals surface area contributed by atoms with Gasteiger partial charge in [0.2, 0.25) is 0 Å². The van der Waals surface area contributed by atoms with Gasteiger partial charge in [0.15, 0.2) is 0 Å². The Labute approximate surface area is 74.6 Å². The summed E-state index contributed by atoms with van der Waals surface area (Å²) >= 11 is 0. The molecule has 0 heterocycles. The maximum absolute atomic E-state index is 8.82. The average molecular weight is 180 g/mol. The van der Waals surface area contributed by atoms with Gasteiger partial charge >= 0.3 is 7.12 Å². The molecule has 12 heavy (non-hydrogen) atoms. The molecule has 1 aromatic carbocycles. The third-order valence-corrected chi connectivity index (χ3v) is 3.62. The lowest BCUT2D eigenvalue weighted by molar-refractivity contribution is 0.426. The maximum atomic E-state index is 8.82. The number of hydrogen-bond acceptors (Lipinski definition) is 2. The third-order valence-electron chi connectivity index (χ3n) is 1.90. The summed E-state index contributed by atoms with van der Waals surface area (Å²) in [5.74, 6) is 0. The lowest BCUT2D eigenvalue weighted by Gasteiger charge is -2.04. The molecule has 0 saturated carbocycles. The molecule has 64 valence electrons. The molecule has 0 spiro atoms. The standard InChI is InChI=1S/C8H13BO2Si/c1-12(2)8-5-3-7(4-6-8)9(10)11/h3-6,10-12H,1-2H3. The van der Waals surface area contributed by atoms with Crippen LogP contribution in [0.3, 0.4) is 0 Å². The largest absolute Gasteiger partial charge is 0.488 e. The molecule has 0 bridgehead atoms. The Morgan fingerprint density at radius 3 is 1.92 bits per heavy atom. The van der Waals surface area contributed by atoms with Gasteiger partial charge in [-0.2, -0.15) is 0 Å². The van der Waals surface area contributed by atoms with Gasteiger partial charge in [-0.25, -0.2) is 0 Å². The second-order valence-electron chi connectivity index (χ2n) is 3.20. The van der Waals surface area contributed by atoms with Gasteiger partial charge < -0.3 is 10.0 Å². The normalized spacial score (nSPS) is 10.4. The van der Waals surface area contributed by atoms with E-state index in [1.807, 2.05) is 12.1 Å². The zero-order valence-corrected chi connectivity index (χ0v) is 8.51. The van der Waals surface area contributed by atoms with Crippen molar-refractivity contribution in [1.29, 1.82) is 0 Å². The van der Waals surface area contributed by atoms with Crippen molar-refractivity contribution >= 4 is 26.6 Å². The molecule has 0 aliphatic heterocycles. The summed E-state index contributed by atoms with van der Waals surface area (Å²) < 4.78 is 0. The van der Waals surface area contributed by atoms with E-state index in [0.29, 0.717) is 5.46 Å². The molecule has 0 aliphatic carbocycles. The Hall–Kier alpha value is -0.578. The third kappa shape index (κ3) is 2.20. The van der Waals surface area contributed by atoms with Crippen LogP contribution < -0.4 is 10.6 Å². The summed E-state index contributed by atoms with van der Waals surface area (Å²) in [5, 5.41) is 19.0. The highest BCUT2D eigenvalue weighted by molar-refractivity contribution is 6.71. The van der Waals surface area contributed by atoms with E-state index in [4.69, 9.17) is 10.0 Å². The van der Waals surface area contributed by atoms with E-state index in [1.165, 1.54) is 5.19 Å². The van der Waals surface area contributed by atoms with Crippen LogP contribution in [0.5, 0.6) is 0 Å². The molecular weight excluding hydrogens is 167 g/mol. The van der Waals surface area contributed by atoms with E-state index in [-0.39, 0.29) is 0 Å². The summed E-state index contributed by atoms with van der Waals surface area (Å²) in [6.45, 7) is 4.48. The molecule has 0 aromatic heterocycles. The van der Waals surface area contributed by atoms with Gasteiger partial charge in [0.1, 0.15) is 0 Å². The Balaban J connectivity index is 2.86. The van der Waals surface area contributed by atoms with Crippen LogP contribution in [-0.4, -0.2) is 26.0 Å². The smallest absolute Gasteiger partial charge is 0.423 e. The summed E-state index contributed by atoms with van der Waals surface area (Å²) in [7, 11) is -2.08. The predicted molar refractivity (Wildman–Crippen MR) is 54.8 cm³/mol. The minimum Gasteiger partial charge on any atom is -0.423 e. The Kier molecular flexibility index (Phi) is 3.08. The predicted octanol–water partition coefficient (Wildman–Crippen LogP) is -0.940. The van der Waals surface area contributed by atoms with Crippen molar-refractivity contribution in [3.63, 3.8) is 0 Å². The van der Waals surface area contributed by atoms with Crippen molar-refractivity contribution in [3.05, 3.63) is 24.3 Å². The first kappa shape index (κ1) is 9.51. The van der Waals surface area contributed by atoms with Gasteiger partial charge in [0.05, 0.1) is 8.80 Å². The Bertz CT molecular complexity index is 219. The van der Waals surface area contributed by atoms with Crippen molar-refractivity contribution in [2.45, 2.75) is 13.1 Å². The Morgan fingerprint density at radius 1 is 1.08 bits per heavy atom. The molecule has 0 unspecified atom stereocenters. The number of benzene rings is 1. The van der Waals surface area contributed by atoms with Crippen LogP contribution in [0, 0.1) is 0 Å². The van der Waals surface area contributed by atoms with E-state index in [1.54, 1.807) is 12.1 Å². The second kappa shape index (κ2) is 3.89. The molecule has 4 heteroatoms. The minimum atomic E-state index is -1.34. The minimum absolute atomic E-state index is 0.563. The van der Waals surface area contributed by atoms with E-state index < -0.39 is 15.9 Å². The fourth-order valence-electron chi connectivity index (χ4n) is 1.05. The molecule has 2 N–H and O–H groups in total. The second-order valence-corrected chi connectivity index (χ2v) is 6.17. The summed E-state index contributed by atoms with van der Waals surface area (Å²) in [4.78, 5) is 0. The molecule has 1 aromatic rings. The molecule has 0 saturated heterocycles. The molecule has 0 atom stereocenters. The quantitative estimate of drug-likeness (QED) is 0.576. The summed E-state index contributed by atoms with van der Waals surface area (Å²) in [6.07, 6.45) is 0. The fraction of sp³-hybridized carbons (Fsp3) is 0.250. The summed E-state index contributed by atoms with van der Waals surface area (Å²) in [5.41, 5.74) is 0.563. The van der Waals surface area contributed by atoms with Crippen molar-refractivity contribution < 1.29 is 10.0 Å². The zero-order valence-electron chi connectivity index (χ0n) is 7.36. The SMILES string of the molecule is C[SiH](C)c1ccc(B(O)O)cc1. The van der Waals surface area contributed by atoms with Crippen molar-refractivity contribution in [2.24, 2.45) is 0 Å². The van der Waals surface area contributed by atoms with Gasteiger partial charge in [-0.3, -0.25) is 0 Å². The van der Waals surface area contributed by atoms with Crippen LogP contribution in [0.1, 0.15) is 0 Å². The van der Waals surface area contributed by atoms with Gasteiger partial charge in [-0.05, 0) is 5.46 Å². The first-order chi connectivity index (χ1) is 5.61. The van der Waals surface area contributed by atoms with Crippen LogP contribution >= 0.6 is 0 Å². The van der Waals surface area contributed by atoms with Crippen molar-refractivity contribution in [1.82, 2.24) is 0 Å². The number of hydrogen-bond donors (Lipinski definition) is 2. The van der Waals surface area contributed by atoms with Gasteiger partial charge in [-0.1, -0.05) is 42.5 Å². The molecule has 0 fully saturated rings. The first-order valence-electron chi connectivity index (χ1n) is 4.07. The summed E-state index contributed by atoms with van der Waals surface area (Å²) in [6, 6.07) is 7.50. The van der Waals surface area contributed by atoms with Crippen LogP contribution in [0.25, 0.3) is 0 Å². The van der Waals surface area contributed by atoms with Crippen molar-refractivity contribution in [2.75, 3.05) is 0 Å². The maximum Gasteiger partial charge on any atom is 0.488 e. The van der Waals surface area contributed by atoms with Crippen LogP contribution in [0.2, 0.25) is 13.1 Å². The van der Waals surface area contributed by atoms with Crippen LogP contribution in [0.15, 0.2) is 24.3 Å². The van der Waals surface area contributed by atoms with Gasteiger partial charge in [0.25, 0.3) is 0 Å². The highest BCUT2D eigenvalue weighted by Crippen LogP contribution is 1.86. The van der Waals surface area contributed by atoms with Crippen LogP contribution in [0.4, 0.5) is 0 Å².